The first-order valence-corrected chi connectivity index (χ1v) is 9.42. The van der Waals surface area contributed by atoms with Crippen LogP contribution in [0.2, 0.25) is 0 Å². The maximum atomic E-state index is 11.3. The Morgan fingerprint density at radius 3 is 2.67 bits per heavy atom. The largest absolute Gasteiger partial charge is 0.298 e. The number of hydrogen-bond donors (Lipinski definition) is 0. The van der Waals surface area contributed by atoms with Crippen molar-refractivity contribution in [2.75, 3.05) is 0 Å². The minimum absolute atomic E-state index is 0.0503. The fraction of sp³-hybridized carbons (Fsp3) is 0.238. The number of para-hydroxylation sites is 1. The second-order valence-electron chi connectivity index (χ2n) is 6.80. The van der Waals surface area contributed by atoms with Crippen LogP contribution in [0.5, 0.6) is 0 Å². The van der Waals surface area contributed by atoms with Gasteiger partial charge in [-0.3, -0.25) is 14.7 Å². The van der Waals surface area contributed by atoms with Crippen LogP contribution >= 0.6 is 12.2 Å². The summed E-state index contributed by atoms with van der Waals surface area (Å²) in [6.07, 6.45) is 4.08. The Morgan fingerprint density at radius 1 is 1.11 bits per heavy atom. The molecule has 27 heavy (non-hydrogen) atoms. The van der Waals surface area contributed by atoms with Gasteiger partial charge in [0, 0.05) is 29.0 Å². The first kappa shape index (κ1) is 17.5. The molecule has 1 aromatic heterocycles. The summed E-state index contributed by atoms with van der Waals surface area (Å²) in [6.45, 7) is 2.07. The lowest BCUT2D eigenvalue weighted by molar-refractivity contribution is -0.384. The second-order valence-corrected chi connectivity index (χ2v) is 7.19. The molecule has 0 saturated carbocycles. The van der Waals surface area contributed by atoms with Gasteiger partial charge in [0.2, 0.25) is 0 Å². The molecule has 1 aliphatic carbocycles. The van der Waals surface area contributed by atoms with Gasteiger partial charge in [-0.2, -0.15) is 0 Å². The number of hydrogen-bond acceptors (Lipinski definition) is 4. The first-order chi connectivity index (χ1) is 13.1. The average Bonchev–Trinajstić information content (AvgIpc) is 2.69. The van der Waals surface area contributed by atoms with Crippen LogP contribution in [0.3, 0.4) is 0 Å². The van der Waals surface area contributed by atoms with Crippen molar-refractivity contribution in [1.29, 1.82) is 0 Å². The molecule has 0 amide bonds. The number of benzene rings is 2. The van der Waals surface area contributed by atoms with E-state index >= 15 is 0 Å². The van der Waals surface area contributed by atoms with Crippen molar-refractivity contribution in [3.63, 3.8) is 0 Å². The van der Waals surface area contributed by atoms with Gasteiger partial charge in [0.25, 0.3) is 5.69 Å². The van der Waals surface area contributed by atoms with Crippen LogP contribution in [-0.2, 0) is 12.8 Å². The summed E-state index contributed by atoms with van der Waals surface area (Å²) in [4.78, 5) is 15.6. The third kappa shape index (κ3) is 3.17. The van der Waals surface area contributed by atoms with Crippen LogP contribution in [0.1, 0.15) is 29.7 Å². The van der Waals surface area contributed by atoms with Gasteiger partial charge < -0.3 is 0 Å². The summed E-state index contributed by atoms with van der Waals surface area (Å²) in [5, 5.41) is 11.3. The molecule has 6 heteroatoms. The number of fused-ring (bicyclic) bond motifs is 1. The van der Waals surface area contributed by atoms with Crippen molar-refractivity contribution in [2.24, 2.45) is 0 Å². The molecule has 2 aromatic carbocycles. The lowest BCUT2D eigenvalue weighted by atomic mass is 9.96. The van der Waals surface area contributed by atoms with Gasteiger partial charge >= 0.3 is 0 Å². The van der Waals surface area contributed by atoms with Crippen LogP contribution in [-0.4, -0.2) is 14.5 Å². The summed E-state index contributed by atoms with van der Waals surface area (Å²) in [6, 6.07) is 14.8. The molecule has 0 unspecified atom stereocenters. The molecule has 5 nitrogen and oxygen atoms in total. The Hall–Kier alpha value is -2.86. The highest BCUT2D eigenvalue weighted by atomic mass is 32.1. The number of aromatic nitrogens is 2. The highest BCUT2D eigenvalue weighted by Crippen LogP contribution is 2.32. The maximum absolute atomic E-state index is 11.3. The molecule has 3 aromatic rings. The van der Waals surface area contributed by atoms with E-state index in [-0.39, 0.29) is 10.6 Å². The number of rotatable bonds is 3. The van der Waals surface area contributed by atoms with Crippen molar-refractivity contribution < 1.29 is 4.92 Å². The van der Waals surface area contributed by atoms with E-state index < -0.39 is 0 Å². The molecular formula is C21H19N3O2S. The summed E-state index contributed by atoms with van der Waals surface area (Å²) in [5.41, 5.74) is 5.23. The molecule has 0 fully saturated rings. The van der Waals surface area contributed by atoms with E-state index in [1.807, 2.05) is 18.2 Å². The van der Waals surface area contributed by atoms with Gasteiger partial charge in [0.1, 0.15) is 10.5 Å². The van der Waals surface area contributed by atoms with E-state index in [1.165, 1.54) is 11.8 Å². The van der Waals surface area contributed by atoms with Gasteiger partial charge in [0.15, 0.2) is 0 Å². The maximum Gasteiger partial charge on any atom is 0.270 e. The predicted octanol–water partition coefficient (Wildman–Crippen LogP) is 5.36. The topological polar surface area (TPSA) is 61.0 Å². The second kappa shape index (κ2) is 7.04. The normalized spacial score (nSPS) is 13.2. The zero-order valence-electron chi connectivity index (χ0n) is 15.0. The molecule has 4 rings (SSSR count). The van der Waals surface area contributed by atoms with E-state index in [2.05, 4.69) is 23.6 Å². The molecule has 0 bridgehead atoms. The van der Waals surface area contributed by atoms with Gasteiger partial charge in [-0.1, -0.05) is 42.5 Å². The highest BCUT2D eigenvalue weighted by molar-refractivity contribution is 7.71. The number of non-ortho nitro benzene ring substituents is 1. The van der Waals surface area contributed by atoms with Crippen molar-refractivity contribution in [3.8, 4) is 17.1 Å². The number of nitro groups is 1. The van der Waals surface area contributed by atoms with Crippen molar-refractivity contribution >= 4 is 17.9 Å². The fourth-order valence-electron chi connectivity index (χ4n) is 3.73. The Kier molecular flexibility index (Phi) is 4.58. The minimum Gasteiger partial charge on any atom is -0.298 e. The number of nitro benzene ring substituents is 1. The lowest BCUT2D eigenvalue weighted by Crippen LogP contribution is -2.17. The molecule has 136 valence electrons. The standard InChI is InChI=1S/C21H19N3O2S/c1-14-7-2-4-11-18(14)23-19-12-5-3-10-17(19)21(27)22-20(23)15-8-6-9-16(13-15)24(25)26/h2,4,6-9,11,13H,3,5,10,12H2,1H3. The minimum atomic E-state index is -0.380. The zero-order chi connectivity index (χ0) is 19.0. The van der Waals surface area contributed by atoms with Crippen molar-refractivity contribution in [2.45, 2.75) is 32.6 Å². The lowest BCUT2D eigenvalue weighted by Gasteiger charge is -2.25. The molecule has 0 atom stereocenters. The van der Waals surface area contributed by atoms with Crippen molar-refractivity contribution in [3.05, 3.63) is 80.1 Å². The van der Waals surface area contributed by atoms with Gasteiger partial charge in [-0.15, -0.1) is 0 Å². The van der Waals surface area contributed by atoms with E-state index in [9.17, 15) is 10.1 Å². The Bertz CT molecular complexity index is 1100. The Balaban J connectivity index is 2.06. The molecule has 1 aliphatic rings. The molecule has 1 heterocycles. The SMILES string of the molecule is Cc1ccccc1-n1c(-c2cccc([N+](=O)[O-])c2)nc(=S)c2c1CCCC2. The van der Waals surface area contributed by atoms with E-state index in [4.69, 9.17) is 17.2 Å². The molecule has 0 aliphatic heterocycles. The number of nitrogens with zero attached hydrogens (tertiary/aromatic N) is 3. The van der Waals surface area contributed by atoms with Gasteiger partial charge in [-0.25, -0.2) is 4.98 Å². The van der Waals surface area contributed by atoms with Crippen LogP contribution in [0, 0.1) is 21.7 Å². The third-order valence-electron chi connectivity index (χ3n) is 5.06. The smallest absolute Gasteiger partial charge is 0.270 e. The molecule has 0 radical (unpaired) electrons. The van der Waals surface area contributed by atoms with Crippen LogP contribution < -0.4 is 0 Å². The van der Waals surface area contributed by atoms with E-state index in [0.29, 0.717) is 16.0 Å². The molecule has 0 saturated heterocycles. The van der Waals surface area contributed by atoms with Crippen LogP contribution in [0.25, 0.3) is 17.1 Å². The molecule has 0 spiro atoms. The highest BCUT2D eigenvalue weighted by Gasteiger charge is 2.22. The van der Waals surface area contributed by atoms with Crippen molar-refractivity contribution in [1.82, 2.24) is 9.55 Å². The average molecular weight is 377 g/mol. The predicted molar refractivity (Wildman–Crippen MR) is 108 cm³/mol. The summed E-state index contributed by atoms with van der Waals surface area (Å²) < 4.78 is 2.76. The van der Waals surface area contributed by atoms with Gasteiger partial charge in [-0.05, 0) is 44.2 Å². The Morgan fingerprint density at radius 2 is 1.89 bits per heavy atom. The quantitative estimate of drug-likeness (QED) is 0.350. The third-order valence-corrected chi connectivity index (χ3v) is 5.40. The summed E-state index contributed by atoms with van der Waals surface area (Å²) in [7, 11) is 0. The van der Waals surface area contributed by atoms with Crippen LogP contribution in [0.15, 0.2) is 48.5 Å². The van der Waals surface area contributed by atoms with Gasteiger partial charge in [0.05, 0.1) is 10.6 Å². The zero-order valence-corrected chi connectivity index (χ0v) is 15.8. The molecular weight excluding hydrogens is 358 g/mol. The number of aryl methyl sites for hydroxylation is 1. The van der Waals surface area contributed by atoms with E-state index in [0.717, 1.165) is 42.5 Å². The van der Waals surface area contributed by atoms with E-state index in [1.54, 1.807) is 12.1 Å². The monoisotopic (exact) mass is 377 g/mol. The fourth-order valence-corrected chi connectivity index (χ4v) is 4.04. The Labute approximate surface area is 162 Å². The van der Waals surface area contributed by atoms with Crippen LogP contribution in [0.4, 0.5) is 5.69 Å². The summed E-state index contributed by atoms with van der Waals surface area (Å²) in [5.74, 6) is 0.665. The molecule has 0 N–H and O–H groups in total. The first-order valence-electron chi connectivity index (χ1n) is 9.02. The summed E-state index contributed by atoms with van der Waals surface area (Å²) >= 11 is 5.59.